The van der Waals surface area contributed by atoms with E-state index in [0.717, 1.165) is 16.6 Å². The van der Waals surface area contributed by atoms with Crippen LogP contribution >= 0.6 is 0 Å². The molecule has 2 N–H and O–H groups in total. The summed E-state index contributed by atoms with van der Waals surface area (Å²) >= 11 is 0. The van der Waals surface area contributed by atoms with Crippen LogP contribution < -0.4 is 15.6 Å². The lowest BCUT2D eigenvalue weighted by atomic mass is 9.91. The molecule has 41 heavy (non-hydrogen) atoms. The third kappa shape index (κ3) is 5.39. The number of hydrogen-bond donors (Lipinski definition) is 2. The third-order valence-corrected chi connectivity index (χ3v) is 10.0. The molecule has 216 valence electrons. The van der Waals surface area contributed by atoms with Crippen molar-refractivity contribution in [3.8, 4) is 5.75 Å². The predicted molar refractivity (Wildman–Crippen MR) is 157 cm³/mol. The van der Waals surface area contributed by atoms with E-state index in [9.17, 15) is 18.0 Å². The summed E-state index contributed by atoms with van der Waals surface area (Å²) < 4.78 is 35.3. The van der Waals surface area contributed by atoms with Gasteiger partial charge in [0.2, 0.25) is 10.0 Å². The molecule has 3 aromatic heterocycles. The minimum atomic E-state index is -3.59. The number of benzene rings is 1. The van der Waals surface area contributed by atoms with Gasteiger partial charge in [0, 0.05) is 53.8 Å². The number of aromatic nitrogens is 3. The fourth-order valence-corrected chi connectivity index (χ4v) is 7.39. The Hall–Kier alpha value is -3.96. The number of pyridine rings is 2. The Kier molecular flexibility index (Phi) is 8.01. The second kappa shape index (κ2) is 11.5. The van der Waals surface area contributed by atoms with Crippen molar-refractivity contribution in [1.29, 1.82) is 0 Å². The van der Waals surface area contributed by atoms with Crippen LogP contribution in [-0.2, 0) is 16.6 Å². The van der Waals surface area contributed by atoms with Crippen LogP contribution in [0.1, 0.15) is 53.1 Å². The largest absolute Gasteiger partial charge is 0.496 e. The van der Waals surface area contributed by atoms with E-state index in [2.05, 4.69) is 26.8 Å². The normalized spacial score (nSPS) is 15.6. The summed E-state index contributed by atoms with van der Waals surface area (Å²) in [5, 5.41) is 3.75. The Morgan fingerprint density at radius 1 is 1.17 bits per heavy atom. The van der Waals surface area contributed by atoms with E-state index in [4.69, 9.17) is 4.74 Å². The maximum absolute atomic E-state index is 13.6. The highest BCUT2D eigenvalue weighted by Crippen LogP contribution is 2.36. The van der Waals surface area contributed by atoms with Crippen molar-refractivity contribution in [3.05, 3.63) is 87.7 Å². The predicted octanol–water partition coefficient (Wildman–Crippen LogP) is 3.94. The first-order valence-corrected chi connectivity index (χ1v) is 15.1. The van der Waals surface area contributed by atoms with Crippen LogP contribution in [0, 0.1) is 19.8 Å². The smallest absolute Gasteiger partial charge is 0.256 e. The highest BCUT2D eigenvalue weighted by molar-refractivity contribution is 7.89. The SMILES string of the molecule is COc1cc(C)[nH]c(=O)c1CNC(=O)c1c(C)n(C(C)C2CCN(S(=O)(=O)c3cccnc3)CC2)c2ccccc12. The van der Waals surface area contributed by atoms with E-state index in [0.29, 0.717) is 48.5 Å². The molecule has 1 aromatic carbocycles. The summed E-state index contributed by atoms with van der Waals surface area (Å²) in [7, 11) is -2.09. The molecule has 4 heterocycles. The number of carbonyl (C=O) groups is 1. The van der Waals surface area contributed by atoms with Gasteiger partial charge in [0.05, 0.1) is 24.8 Å². The number of sulfonamides is 1. The van der Waals surface area contributed by atoms with Gasteiger partial charge in [-0.15, -0.1) is 0 Å². The van der Waals surface area contributed by atoms with E-state index in [1.54, 1.807) is 31.3 Å². The van der Waals surface area contributed by atoms with Gasteiger partial charge in [-0.2, -0.15) is 4.31 Å². The van der Waals surface area contributed by atoms with Crippen LogP contribution in [0.2, 0.25) is 0 Å². The zero-order valence-electron chi connectivity index (χ0n) is 23.7. The average molecular weight is 578 g/mol. The van der Waals surface area contributed by atoms with Crippen LogP contribution in [0.3, 0.4) is 0 Å². The fourth-order valence-electron chi connectivity index (χ4n) is 5.95. The van der Waals surface area contributed by atoms with Gasteiger partial charge in [0.25, 0.3) is 11.5 Å². The molecule has 0 aliphatic carbocycles. The van der Waals surface area contributed by atoms with E-state index in [1.807, 2.05) is 31.2 Å². The Bertz CT molecular complexity index is 1740. The Morgan fingerprint density at radius 2 is 1.90 bits per heavy atom. The number of ether oxygens (including phenoxy) is 1. The molecule has 0 saturated carbocycles. The van der Waals surface area contributed by atoms with Gasteiger partial charge < -0.3 is 19.6 Å². The molecule has 4 aromatic rings. The van der Waals surface area contributed by atoms with Crippen LogP contribution in [0.15, 0.2) is 64.5 Å². The van der Waals surface area contributed by atoms with E-state index < -0.39 is 10.0 Å². The first kappa shape index (κ1) is 28.6. The van der Waals surface area contributed by atoms with Crippen molar-refractivity contribution in [3.63, 3.8) is 0 Å². The molecule has 1 atom stereocenters. The number of nitrogens with zero attached hydrogens (tertiary/aromatic N) is 3. The molecule has 0 spiro atoms. The van der Waals surface area contributed by atoms with Crippen molar-refractivity contribution >= 4 is 26.8 Å². The minimum Gasteiger partial charge on any atom is -0.496 e. The number of amides is 1. The van der Waals surface area contributed by atoms with Gasteiger partial charge in [-0.25, -0.2) is 8.42 Å². The lowest BCUT2D eigenvalue weighted by molar-refractivity contribution is 0.0951. The molecule has 1 aliphatic heterocycles. The maximum atomic E-state index is 13.6. The summed E-state index contributed by atoms with van der Waals surface area (Å²) in [5.41, 5.74) is 3.06. The monoisotopic (exact) mass is 577 g/mol. The Morgan fingerprint density at radius 3 is 2.59 bits per heavy atom. The molecule has 5 rings (SSSR count). The zero-order chi connectivity index (χ0) is 29.3. The van der Waals surface area contributed by atoms with Gasteiger partial charge in [-0.05, 0) is 63.8 Å². The number of carbonyl (C=O) groups excluding carboxylic acids is 1. The molecule has 1 unspecified atom stereocenters. The molecule has 1 aliphatic rings. The second-order valence-corrected chi connectivity index (χ2v) is 12.5. The van der Waals surface area contributed by atoms with E-state index in [1.165, 1.54) is 17.6 Å². The highest BCUT2D eigenvalue weighted by atomic mass is 32.2. The van der Waals surface area contributed by atoms with E-state index in [-0.39, 0.29) is 34.9 Å². The van der Waals surface area contributed by atoms with Gasteiger partial charge >= 0.3 is 0 Å². The molecule has 0 bridgehead atoms. The summed E-state index contributed by atoms with van der Waals surface area (Å²) in [6.45, 7) is 6.71. The number of para-hydroxylation sites is 1. The fraction of sp³-hybridized carbons (Fsp3) is 0.367. The van der Waals surface area contributed by atoms with Crippen molar-refractivity contribution < 1.29 is 17.9 Å². The van der Waals surface area contributed by atoms with Crippen molar-refractivity contribution in [2.45, 2.75) is 51.1 Å². The molecular formula is C30H35N5O5S. The number of aryl methyl sites for hydroxylation is 1. The van der Waals surface area contributed by atoms with E-state index >= 15 is 0 Å². The first-order valence-electron chi connectivity index (χ1n) is 13.7. The molecule has 10 nitrogen and oxygen atoms in total. The molecule has 1 saturated heterocycles. The summed E-state index contributed by atoms with van der Waals surface area (Å²) in [6, 6.07) is 12.8. The van der Waals surface area contributed by atoms with Crippen LogP contribution in [0.4, 0.5) is 0 Å². The number of hydrogen-bond acceptors (Lipinski definition) is 6. The number of piperidine rings is 1. The number of fused-ring (bicyclic) bond motifs is 1. The van der Waals surface area contributed by atoms with Gasteiger partial charge in [-0.3, -0.25) is 14.6 Å². The van der Waals surface area contributed by atoms with Crippen LogP contribution in [0.25, 0.3) is 10.9 Å². The molecular weight excluding hydrogens is 542 g/mol. The van der Waals surface area contributed by atoms with Crippen molar-refractivity contribution in [2.24, 2.45) is 5.92 Å². The molecule has 1 amide bonds. The Labute approximate surface area is 239 Å². The van der Waals surface area contributed by atoms with Gasteiger partial charge in [0.1, 0.15) is 10.6 Å². The highest BCUT2D eigenvalue weighted by Gasteiger charge is 2.33. The molecule has 11 heteroatoms. The minimum absolute atomic E-state index is 0.0238. The maximum Gasteiger partial charge on any atom is 0.256 e. The van der Waals surface area contributed by atoms with Gasteiger partial charge in [-0.1, -0.05) is 18.2 Å². The lowest BCUT2D eigenvalue weighted by Gasteiger charge is -2.35. The average Bonchev–Trinajstić information content (AvgIpc) is 3.27. The molecule has 1 fully saturated rings. The van der Waals surface area contributed by atoms with Crippen molar-refractivity contribution in [2.75, 3.05) is 20.2 Å². The number of methoxy groups -OCH3 is 1. The lowest BCUT2D eigenvalue weighted by Crippen LogP contribution is -2.40. The standard InChI is InChI=1S/C30H35N5O5S/c1-19-16-27(40-4)25(29(36)33-19)18-32-30(37)28-21(3)35(26-10-6-5-9-24(26)28)20(2)22-11-14-34(15-12-22)41(38,39)23-8-7-13-31-17-23/h5-10,13,16-17,20,22H,11-12,14-15,18H2,1-4H3,(H,32,37)(H,33,36). The topological polar surface area (TPSA) is 126 Å². The Balaban J connectivity index is 1.37. The van der Waals surface area contributed by atoms with Gasteiger partial charge in [0.15, 0.2) is 0 Å². The summed E-state index contributed by atoms with van der Waals surface area (Å²) in [6.07, 6.45) is 4.34. The number of aromatic amines is 1. The van der Waals surface area contributed by atoms with Crippen molar-refractivity contribution in [1.82, 2.24) is 24.2 Å². The quantitative estimate of drug-likeness (QED) is 0.327. The number of H-pyrrole nitrogens is 1. The third-order valence-electron chi connectivity index (χ3n) is 8.12. The van der Waals surface area contributed by atoms with Crippen LogP contribution in [0.5, 0.6) is 5.75 Å². The number of nitrogens with one attached hydrogen (secondary N) is 2. The number of rotatable bonds is 8. The summed E-state index contributed by atoms with van der Waals surface area (Å²) in [5.74, 6) is 0.372. The first-order chi connectivity index (χ1) is 19.6. The second-order valence-electron chi connectivity index (χ2n) is 10.5. The zero-order valence-corrected chi connectivity index (χ0v) is 24.5. The van der Waals surface area contributed by atoms with Crippen LogP contribution in [-0.4, -0.2) is 53.4 Å². The summed E-state index contributed by atoms with van der Waals surface area (Å²) in [4.78, 5) is 33.1. The molecule has 0 radical (unpaired) electrons.